The second-order valence-corrected chi connectivity index (χ2v) is 7.54. The molecule has 3 N–H and O–H groups in total. The number of aliphatic hydroxyl groups excluding tert-OH is 1. The largest absolute Gasteiger partial charge is 0.393 e. The van der Waals surface area contributed by atoms with Gasteiger partial charge in [-0.05, 0) is 44.0 Å². The fraction of sp³-hybridized carbons (Fsp3) is 0.409. The molecule has 0 aliphatic heterocycles. The van der Waals surface area contributed by atoms with E-state index in [0.29, 0.717) is 17.0 Å². The van der Waals surface area contributed by atoms with Gasteiger partial charge in [-0.15, -0.1) is 0 Å². The van der Waals surface area contributed by atoms with E-state index in [1.807, 2.05) is 0 Å². The number of anilines is 1. The summed E-state index contributed by atoms with van der Waals surface area (Å²) in [6, 6.07) is 4.42. The molecule has 0 radical (unpaired) electrons. The maximum atomic E-state index is 13.8. The smallest absolute Gasteiger partial charge is 0.256 e. The minimum atomic E-state index is -0.513. The summed E-state index contributed by atoms with van der Waals surface area (Å²) in [5, 5.41) is 18.5. The number of nitrogens with zero attached hydrogens (tertiary/aromatic N) is 3. The van der Waals surface area contributed by atoms with Crippen LogP contribution >= 0.6 is 0 Å². The van der Waals surface area contributed by atoms with Gasteiger partial charge in [0, 0.05) is 18.8 Å². The first-order valence-electron chi connectivity index (χ1n) is 10.3. The lowest BCUT2D eigenvalue weighted by Crippen LogP contribution is -2.18. The van der Waals surface area contributed by atoms with Gasteiger partial charge in [-0.25, -0.2) is 18.3 Å². The van der Waals surface area contributed by atoms with Crippen molar-refractivity contribution >= 4 is 17.4 Å². The summed E-state index contributed by atoms with van der Waals surface area (Å²) >= 11 is 0. The zero-order chi connectivity index (χ0) is 22.4. The summed E-state index contributed by atoms with van der Waals surface area (Å²) in [6.45, 7) is 1.69. The number of amides is 1. The molecule has 9 heteroatoms. The summed E-state index contributed by atoms with van der Waals surface area (Å²) in [5.41, 5.74) is 0.883. The molecule has 1 atom stereocenters. The zero-order valence-corrected chi connectivity index (χ0v) is 17.6. The minimum absolute atomic E-state index is 0.0359. The van der Waals surface area contributed by atoms with Gasteiger partial charge in [0.15, 0.2) is 5.65 Å². The molecule has 1 aliphatic rings. The quantitative estimate of drug-likeness (QED) is 0.584. The first-order chi connectivity index (χ1) is 14.9. The van der Waals surface area contributed by atoms with Gasteiger partial charge >= 0.3 is 0 Å². The molecule has 1 saturated carbocycles. The Balaban J connectivity index is 0.000000330. The van der Waals surface area contributed by atoms with Crippen LogP contribution in [0.5, 0.6) is 0 Å². The Kier molecular flexibility index (Phi) is 7.51. The Labute approximate surface area is 179 Å². The molecule has 31 heavy (non-hydrogen) atoms. The van der Waals surface area contributed by atoms with Crippen LogP contribution in [0, 0.1) is 11.6 Å². The van der Waals surface area contributed by atoms with Gasteiger partial charge in [-0.2, -0.15) is 5.10 Å². The van der Waals surface area contributed by atoms with Crippen molar-refractivity contribution < 1.29 is 18.7 Å². The molecule has 166 valence electrons. The summed E-state index contributed by atoms with van der Waals surface area (Å²) in [4.78, 5) is 16.1. The van der Waals surface area contributed by atoms with Crippen LogP contribution in [0.25, 0.3) is 5.65 Å². The van der Waals surface area contributed by atoms with Crippen molar-refractivity contribution in [3.63, 3.8) is 0 Å². The van der Waals surface area contributed by atoms with Gasteiger partial charge in [0.25, 0.3) is 5.91 Å². The number of aromatic nitrogens is 3. The number of carbonyl (C=O) groups is 1. The highest BCUT2D eigenvalue weighted by Gasteiger charge is 2.16. The molecule has 0 bridgehead atoms. The lowest BCUT2D eigenvalue weighted by Gasteiger charge is -2.16. The highest BCUT2D eigenvalue weighted by molar-refractivity contribution is 5.99. The number of halogens is 2. The van der Waals surface area contributed by atoms with Crippen molar-refractivity contribution in [2.75, 3.05) is 12.4 Å². The molecule has 7 nitrogen and oxygen atoms in total. The Bertz CT molecular complexity index is 1030. The summed E-state index contributed by atoms with van der Waals surface area (Å²) < 4.78 is 28.6. The fourth-order valence-corrected chi connectivity index (χ4v) is 3.47. The summed E-state index contributed by atoms with van der Waals surface area (Å²) in [5.74, 6) is -0.905. The molecule has 4 rings (SSSR count). The van der Waals surface area contributed by atoms with E-state index in [1.54, 1.807) is 19.2 Å². The van der Waals surface area contributed by atoms with Gasteiger partial charge < -0.3 is 15.7 Å². The number of rotatable bonds is 4. The third kappa shape index (κ3) is 5.75. The SMILES string of the molecule is CNC(=O)c1cnn2ccc(NC(C)c3cc(F)ccc3F)nc12.OC1CCCCC1. The summed E-state index contributed by atoms with van der Waals surface area (Å²) in [7, 11) is 1.52. The van der Waals surface area contributed by atoms with Crippen LogP contribution in [0.4, 0.5) is 14.6 Å². The van der Waals surface area contributed by atoms with E-state index in [2.05, 4.69) is 20.7 Å². The van der Waals surface area contributed by atoms with Crippen molar-refractivity contribution in [1.82, 2.24) is 19.9 Å². The predicted molar refractivity (Wildman–Crippen MR) is 114 cm³/mol. The number of hydrogen-bond acceptors (Lipinski definition) is 5. The van der Waals surface area contributed by atoms with Crippen LogP contribution in [0.15, 0.2) is 36.7 Å². The molecule has 1 amide bonds. The topological polar surface area (TPSA) is 91.6 Å². The maximum Gasteiger partial charge on any atom is 0.256 e. The molecule has 0 saturated heterocycles. The van der Waals surface area contributed by atoms with Gasteiger partial charge in [0.1, 0.15) is 23.0 Å². The van der Waals surface area contributed by atoms with E-state index in [9.17, 15) is 13.6 Å². The second-order valence-electron chi connectivity index (χ2n) is 7.54. The van der Waals surface area contributed by atoms with Crippen molar-refractivity contribution in [2.24, 2.45) is 0 Å². The maximum absolute atomic E-state index is 13.8. The molecule has 1 unspecified atom stereocenters. The molecular weight excluding hydrogens is 404 g/mol. The first-order valence-corrected chi connectivity index (χ1v) is 10.3. The Hall–Kier alpha value is -3.07. The van der Waals surface area contributed by atoms with E-state index >= 15 is 0 Å². The molecule has 1 aliphatic carbocycles. The van der Waals surface area contributed by atoms with E-state index in [-0.39, 0.29) is 17.6 Å². The highest BCUT2D eigenvalue weighted by atomic mass is 19.1. The Morgan fingerprint density at radius 1 is 1.23 bits per heavy atom. The van der Waals surface area contributed by atoms with E-state index in [1.165, 1.54) is 37.0 Å². The average Bonchev–Trinajstić information content (AvgIpc) is 3.19. The normalized spacial score (nSPS) is 15.1. The van der Waals surface area contributed by atoms with Crippen LogP contribution in [0.2, 0.25) is 0 Å². The van der Waals surface area contributed by atoms with Gasteiger partial charge in [0.2, 0.25) is 0 Å². The van der Waals surface area contributed by atoms with Gasteiger partial charge in [0.05, 0.1) is 18.3 Å². The molecule has 2 aromatic heterocycles. The third-order valence-electron chi connectivity index (χ3n) is 5.20. The number of hydrogen-bond donors (Lipinski definition) is 3. The lowest BCUT2D eigenvalue weighted by atomic mass is 9.98. The van der Waals surface area contributed by atoms with E-state index < -0.39 is 17.7 Å². The average molecular weight is 431 g/mol. The van der Waals surface area contributed by atoms with Crippen molar-refractivity contribution in [3.8, 4) is 0 Å². The standard InChI is InChI=1S/C16H15F2N5O.C6H12O/c1-9(11-7-10(17)3-4-13(11)18)21-14-5-6-23-15(22-14)12(8-20-23)16(24)19-2;7-6-4-2-1-3-5-6/h3-9H,1-2H3,(H,19,24)(H,21,22);6-7H,1-5H2. The number of carbonyl (C=O) groups excluding carboxylic acids is 1. The van der Waals surface area contributed by atoms with Crippen molar-refractivity contribution in [1.29, 1.82) is 0 Å². The number of fused-ring (bicyclic) bond motifs is 1. The van der Waals surface area contributed by atoms with Crippen molar-refractivity contribution in [3.05, 3.63) is 59.4 Å². The molecule has 2 heterocycles. The van der Waals surface area contributed by atoms with Crippen LogP contribution in [0.1, 0.15) is 61.0 Å². The van der Waals surface area contributed by atoms with Crippen molar-refractivity contribution in [2.45, 2.75) is 51.2 Å². The van der Waals surface area contributed by atoms with Gasteiger partial charge in [-0.1, -0.05) is 19.3 Å². The molecule has 3 aromatic rings. The minimum Gasteiger partial charge on any atom is -0.393 e. The highest BCUT2D eigenvalue weighted by Crippen LogP contribution is 2.22. The zero-order valence-electron chi connectivity index (χ0n) is 17.6. The number of benzene rings is 1. The van der Waals surface area contributed by atoms with Crippen LogP contribution in [-0.2, 0) is 0 Å². The monoisotopic (exact) mass is 431 g/mol. The fourth-order valence-electron chi connectivity index (χ4n) is 3.47. The molecule has 1 aromatic carbocycles. The molecule has 1 fully saturated rings. The van der Waals surface area contributed by atoms with E-state index in [4.69, 9.17) is 5.11 Å². The van der Waals surface area contributed by atoms with Crippen LogP contribution in [-0.4, -0.2) is 38.8 Å². The van der Waals surface area contributed by atoms with Gasteiger partial charge in [-0.3, -0.25) is 4.79 Å². The number of aliphatic hydroxyl groups is 1. The lowest BCUT2D eigenvalue weighted by molar-refractivity contribution is 0.0964. The third-order valence-corrected chi connectivity index (χ3v) is 5.20. The predicted octanol–water partition coefficient (Wildman–Crippen LogP) is 3.85. The molecular formula is C22H27F2N5O2. The van der Waals surface area contributed by atoms with E-state index in [0.717, 1.165) is 31.0 Å². The van der Waals surface area contributed by atoms with Crippen LogP contribution < -0.4 is 10.6 Å². The Morgan fingerprint density at radius 3 is 2.61 bits per heavy atom. The molecule has 0 spiro atoms. The summed E-state index contributed by atoms with van der Waals surface area (Å²) in [6.07, 6.45) is 8.97. The number of nitrogens with one attached hydrogen (secondary N) is 2. The Morgan fingerprint density at radius 2 is 1.97 bits per heavy atom. The first kappa shape index (κ1) is 22.6. The second kappa shape index (κ2) is 10.3. The van der Waals surface area contributed by atoms with Crippen LogP contribution in [0.3, 0.4) is 0 Å².